The Hall–Kier alpha value is -2.83. The average molecular weight is 507 g/mol. The highest BCUT2D eigenvalue weighted by Crippen LogP contribution is 2.45. The number of methoxy groups -OCH3 is 2. The minimum atomic E-state index is -0.295. The molecule has 0 spiro atoms. The fourth-order valence-electron chi connectivity index (χ4n) is 4.80. The van der Waals surface area contributed by atoms with Crippen LogP contribution in [0.5, 0.6) is 5.75 Å². The first-order chi connectivity index (χ1) is 15.5. The van der Waals surface area contributed by atoms with E-state index in [1.54, 1.807) is 25.4 Å². The molecule has 4 rings (SSSR count). The van der Waals surface area contributed by atoms with Crippen LogP contribution in [-0.2, 0) is 9.53 Å². The Morgan fingerprint density at radius 1 is 1.03 bits per heavy atom. The van der Waals surface area contributed by atoms with E-state index in [9.17, 15) is 9.18 Å². The molecule has 3 atom stereocenters. The van der Waals surface area contributed by atoms with Crippen LogP contribution in [0.25, 0.3) is 11.3 Å². The minimum absolute atomic E-state index is 0. The number of carbonyl (C=O) groups is 1. The van der Waals surface area contributed by atoms with Crippen molar-refractivity contribution in [1.29, 1.82) is 0 Å². The number of esters is 1. The molecule has 0 saturated heterocycles. The number of anilines is 1. The van der Waals surface area contributed by atoms with Crippen LogP contribution in [0.1, 0.15) is 24.3 Å². The molecule has 182 valence electrons. The highest BCUT2D eigenvalue weighted by Gasteiger charge is 2.44. The lowest BCUT2D eigenvalue weighted by Crippen LogP contribution is -2.36. The summed E-state index contributed by atoms with van der Waals surface area (Å²) in [5.41, 5.74) is 3.70. The van der Waals surface area contributed by atoms with Crippen molar-refractivity contribution in [2.75, 3.05) is 26.2 Å². The molecule has 1 heterocycles. The van der Waals surface area contributed by atoms with Gasteiger partial charge in [-0.2, -0.15) is 0 Å². The minimum Gasteiger partial charge on any atom is -0.495 e. The first kappa shape index (κ1) is 27.4. The van der Waals surface area contributed by atoms with Gasteiger partial charge in [0.2, 0.25) is 0 Å². The van der Waals surface area contributed by atoms with Gasteiger partial charge >= 0.3 is 5.97 Å². The van der Waals surface area contributed by atoms with Crippen molar-refractivity contribution in [3.05, 3.63) is 78.2 Å². The van der Waals surface area contributed by atoms with Crippen LogP contribution in [-0.4, -0.2) is 38.3 Å². The molecular weight excluding hydrogens is 478 g/mol. The molecule has 1 aliphatic carbocycles. The number of benzene rings is 2. The van der Waals surface area contributed by atoms with E-state index >= 15 is 0 Å². The Labute approximate surface area is 212 Å². The van der Waals surface area contributed by atoms with Crippen molar-refractivity contribution < 1.29 is 18.7 Å². The van der Waals surface area contributed by atoms with Crippen molar-refractivity contribution in [2.45, 2.75) is 24.8 Å². The molecule has 3 aromatic rings. The Morgan fingerprint density at radius 3 is 2.38 bits per heavy atom. The number of nitrogens with zero attached hydrogens (tertiary/aromatic N) is 2. The molecule has 0 aliphatic heterocycles. The zero-order valence-corrected chi connectivity index (χ0v) is 20.9. The molecule has 34 heavy (non-hydrogen) atoms. The maximum atomic E-state index is 13.6. The summed E-state index contributed by atoms with van der Waals surface area (Å²) in [6.07, 6.45) is 3.27. The summed E-state index contributed by atoms with van der Waals surface area (Å²) in [7, 11) is 5.08. The second-order valence-electron chi connectivity index (χ2n) is 8.06. The van der Waals surface area contributed by atoms with Crippen LogP contribution in [0.2, 0.25) is 0 Å². The number of rotatable bonds is 6. The van der Waals surface area contributed by atoms with Gasteiger partial charge < -0.3 is 14.4 Å². The molecule has 2 aromatic carbocycles. The van der Waals surface area contributed by atoms with E-state index in [0.29, 0.717) is 6.42 Å². The van der Waals surface area contributed by atoms with E-state index in [1.165, 1.54) is 19.2 Å². The summed E-state index contributed by atoms with van der Waals surface area (Å²) in [5, 5.41) is 0. The number of halogens is 3. The topological polar surface area (TPSA) is 51.7 Å². The van der Waals surface area contributed by atoms with E-state index in [-0.39, 0.29) is 54.5 Å². The molecule has 1 aromatic heterocycles. The van der Waals surface area contributed by atoms with Crippen molar-refractivity contribution in [3.63, 3.8) is 0 Å². The molecule has 0 radical (unpaired) electrons. The normalized spacial score (nSPS) is 18.9. The van der Waals surface area contributed by atoms with E-state index in [0.717, 1.165) is 34.7 Å². The number of hydrogen-bond acceptors (Lipinski definition) is 5. The standard InChI is InChI=1S/C26H27FN2O3.2ClH/c1-29(23-16-18(9-14-24(23)31-2)21-6-4-5-15-28-21)22-13-12-20(26(30)32-3)25(22)17-7-10-19(27)11-8-17;;/h4-11,14-16,20,22,25H,12-13H2,1-3H3;2*1H. The highest BCUT2D eigenvalue weighted by atomic mass is 35.5. The lowest BCUT2D eigenvalue weighted by molar-refractivity contribution is -0.145. The lowest BCUT2D eigenvalue weighted by Gasteiger charge is -2.34. The van der Waals surface area contributed by atoms with Crippen LogP contribution in [0.15, 0.2) is 66.9 Å². The van der Waals surface area contributed by atoms with Crippen LogP contribution in [0, 0.1) is 11.7 Å². The summed E-state index contributed by atoms with van der Waals surface area (Å²) in [4.78, 5) is 19.2. The molecule has 1 fully saturated rings. The first-order valence-corrected chi connectivity index (χ1v) is 10.7. The lowest BCUT2D eigenvalue weighted by atomic mass is 9.85. The smallest absolute Gasteiger partial charge is 0.309 e. The second kappa shape index (κ2) is 12.0. The van der Waals surface area contributed by atoms with Gasteiger partial charge in [-0.05, 0) is 60.9 Å². The summed E-state index contributed by atoms with van der Waals surface area (Å²) in [6, 6.07) is 18.2. The number of ether oxygens (including phenoxy) is 2. The third-order valence-electron chi connectivity index (χ3n) is 6.40. The van der Waals surface area contributed by atoms with Gasteiger partial charge in [0.25, 0.3) is 0 Å². The van der Waals surface area contributed by atoms with Gasteiger partial charge in [0, 0.05) is 30.8 Å². The van der Waals surface area contributed by atoms with E-state index in [2.05, 4.69) is 16.0 Å². The van der Waals surface area contributed by atoms with Crippen molar-refractivity contribution in [1.82, 2.24) is 4.98 Å². The monoisotopic (exact) mass is 506 g/mol. The molecule has 3 unspecified atom stereocenters. The summed E-state index contributed by atoms with van der Waals surface area (Å²) < 4.78 is 24.4. The van der Waals surface area contributed by atoms with Crippen LogP contribution >= 0.6 is 24.8 Å². The molecule has 0 N–H and O–H groups in total. The predicted octanol–water partition coefficient (Wildman–Crippen LogP) is 5.91. The van der Waals surface area contributed by atoms with Crippen molar-refractivity contribution in [3.8, 4) is 17.0 Å². The number of pyridine rings is 1. The zero-order chi connectivity index (χ0) is 22.7. The van der Waals surface area contributed by atoms with Gasteiger partial charge in [-0.25, -0.2) is 4.39 Å². The van der Waals surface area contributed by atoms with Crippen LogP contribution in [0.4, 0.5) is 10.1 Å². The quantitative estimate of drug-likeness (QED) is 0.389. The van der Waals surface area contributed by atoms with E-state index in [4.69, 9.17) is 9.47 Å². The third-order valence-corrected chi connectivity index (χ3v) is 6.40. The van der Waals surface area contributed by atoms with Gasteiger partial charge in [0.1, 0.15) is 11.6 Å². The van der Waals surface area contributed by atoms with Crippen LogP contribution in [0.3, 0.4) is 0 Å². The number of hydrogen-bond donors (Lipinski definition) is 0. The molecule has 1 aliphatic rings. The Morgan fingerprint density at radius 2 is 1.76 bits per heavy atom. The number of aromatic nitrogens is 1. The van der Waals surface area contributed by atoms with Crippen molar-refractivity contribution in [2.24, 2.45) is 5.92 Å². The maximum Gasteiger partial charge on any atom is 0.309 e. The fraction of sp³-hybridized carbons (Fsp3) is 0.308. The Kier molecular flexibility index (Phi) is 9.71. The number of likely N-dealkylation sites (N-methyl/N-ethyl adjacent to an activating group) is 1. The van der Waals surface area contributed by atoms with Crippen molar-refractivity contribution >= 4 is 36.5 Å². The van der Waals surface area contributed by atoms with Crippen LogP contribution < -0.4 is 9.64 Å². The van der Waals surface area contributed by atoms with Gasteiger partial charge in [0.15, 0.2) is 0 Å². The third kappa shape index (κ3) is 5.45. The van der Waals surface area contributed by atoms with Gasteiger partial charge in [0.05, 0.1) is 31.5 Å². The molecule has 0 amide bonds. The summed E-state index contributed by atoms with van der Waals surface area (Å²) in [5.74, 6) is -0.203. The van der Waals surface area contributed by atoms with Gasteiger partial charge in [-0.15, -0.1) is 24.8 Å². The largest absolute Gasteiger partial charge is 0.495 e. The van der Waals surface area contributed by atoms with Gasteiger partial charge in [-0.3, -0.25) is 9.78 Å². The Bertz CT molecular complexity index is 1080. The SMILES string of the molecule is COC(=O)C1CCC(N(C)c2cc(-c3ccccn3)ccc2OC)C1c1ccc(F)cc1.Cl.Cl. The predicted molar refractivity (Wildman–Crippen MR) is 137 cm³/mol. The molecule has 8 heteroatoms. The molecule has 5 nitrogen and oxygen atoms in total. The summed E-state index contributed by atoms with van der Waals surface area (Å²) >= 11 is 0. The number of carbonyl (C=O) groups excluding carboxylic acids is 1. The fourth-order valence-corrected chi connectivity index (χ4v) is 4.80. The van der Waals surface area contributed by atoms with E-state index in [1.807, 2.05) is 37.4 Å². The second-order valence-corrected chi connectivity index (χ2v) is 8.06. The first-order valence-electron chi connectivity index (χ1n) is 10.7. The summed E-state index contributed by atoms with van der Waals surface area (Å²) in [6.45, 7) is 0. The molecular formula is C26H29Cl2FN2O3. The molecule has 1 saturated carbocycles. The molecule has 0 bridgehead atoms. The highest BCUT2D eigenvalue weighted by molar-refractivity contribution is 5.85. The van der Waals surface area contributed by atoms with E-state index < -0.39 is 0 Å². The zero-order valence-electron chi connectivity index (χ0n) is 19.3. The van der Waals surface area contributed by atoms with Gasteiger partial charge in [-0.1, -0.05) is 18.2 Å². The average Bonchev–Trinajstić information content (AvgIpc) is 3.29. The maximum absolute atomic E-state index is 13.6. The Balaban J connectivity index is 0.00000204.